The summed E-state index contributed by atoms with van der Waals surface area (Å²) in [6.45, 7) is 4.93. The van der Waals surface area contributed by atoms with Gasteiger partial charge in [0.05, 0.1) is 6.61 Å². The molecule has 0 atom stereocenters. The summed E-state index contributed by atoms with van der Waals surface area (Å²) in [6, 6.07) is 18.5. The zero-order chi connectivity index (χ0) is 20.5. The molecule has 6 heteroatoms. The van der Waals surface area contributed by atoms with E-state index in [-0.39, 0.29) is 12.6 Å². The van der Waals surface area contributed by atoms with Gasteiger partial charge in [-0.25, -0.2) is 9.78 Å². The summed E-state index contributed by atoms with van der Waals surface area (Å²) in [4.78, 5) is 16.5. The number of aromatic nitrogens is 1. The van der Waals surface area contributed by atoms with Crippen molar-refractivity contribution < 1.29 is 14.3 Å². The predicted octanol–water partition coefficient (Wildman–Crippen LogP) is 5.29. The molecule has 0 aliphatic carbocycles. The molecular formula is C23H25N3O3. The first kappa shape index (κ1) is 20.2. The van der Waals surface area contributed by atoms with Crippen LogP contribution < -0.4 is 20.1 Å². The third-order valence-corrected chi connectivity index (χ3v) is 4.12. The van der Waals surface area contributed by atoms with E-state index in [2.05, 4.69) is 15.6 Å². The van der Waals surface area contributed by atoms with Gasteiger partial charge in [0.2, 0.25) is 5.88 Å². The van der Waals surface area contributed by atoms with Crippen molar-refractivity contribution in [1.29, 1.82) is 0 Å². The SMILES string of the molecule is CCCOc1ccccc1Oc1ncccc1CNC(=O)Nc1ccc(C)cc1. The molecule has 0 fully saturated rings. The molecule has 150 valence electrons. The van der Waals surface area contributed by atoms with E-state index < -0.39 is 0 Å². The molecule has 6 nitrogen and oxygen atoms in total. The molecule has 2 N–H and O–H groups in total. The van der Waals surface area contributed by atoms with Gasteiger partial charge in [-0.05, 0) is 43.7 Å². The Kier molecular flexibility index (Phi) is 7.05. The fourth-order valence-electron chi connectivity index (χ4n) is 2.61. The Balaban J connectivity index is 1.65. The fourth-order valence-corrected chi connectivity index (χ4v) is 2.61. The third kappa shape index (κ3) is 5.97. The number of carbonyl (C=O) groups excluding carboxylic acids is 1. The lowest BCUT2D eigenvalue weighted by Gasteiger charge is -2.14. The first-order valence-electron chi connectivity index (χ1n) is 9.61. The first-order valence-corrected chi connectivity index (χ1v) is 9.61. The van der Waals surface area contributed by atoms with Crippen LogP contribution in [0.2, 0.25) is 0 Å². The minimum Gasteiger partial charge on any atom is -0.490 e. The molecule has 3 rings (SSSR count). The molecule has 1 heterocycles. The van der Waals surface area contributed by atoms with Crippen molar-refractivity contribution in [3.05, 3.63) is 78.0 Å². The maximum absolute atomic E-state index is 12.2. The second-order valence-corrected chi connectivity index (χ2v) is 6.54. The van der Waals surface area contributed by atoms with Crippen LogP contribution in [0.4, 0.5) is 10.5 Å². The minimum atomic E-state index is -0.296. The molecule has 29 heavy (non-hydrogen) atoms. The second-order valence-electron chi connectivity index (χ2n) is 6.54. The van der Waals surface area contributed by atoms with Gasteiger partial charge in [-0.2, -0.15) is 0 Å². The molecule has 0 saturated heterocycles. The number of pyridine rings is 1. The van der Waals surface area contributed by atoms with Gasteiger partial charge in [0.25, 0.3) is 0 Å². The molecule has 0 aliphatic heterocycles. The number of nitrogens with one attached hydrogen (secondary N) is 2. The van der Waals surface area contributed by atoms with Gasteiger partial charge >= 0.3 is 6.03 Å². The van der Waals surface area contributed by atoms with Crippen molar-refractivity contribution in [1.82, 2.24) is 10.3 Å². The van der Waals surface area contributed by atoms with E-state index in [1.165, 1.54) is 0 Å². The maximum atomic E-state index is 12.2. The largest absolute Gasteiger partial charge is 0.490 e. The number of hydrogen-bond donors (Lipinski definition) is 2. The number of anilines is 1. The second kappa shape index (κ2) is 10.1. The highest BCUT2D eigenvalue weighted by Gasteiger charge is 2.11. The minimum absolute atomic E-state index is 0.277. The summed E-state index contributed by atoms with van der Waals surface area (Å²) in [5.41, 5.74) is 2.63. The van der Waals surface area contributed by atoms with Crippen LogP contribution in [0.1, 0.15) is 24.5 Å². The van der Waals surface area contributed by atoms with E-state index in [1.54, 1.807) is 12.3 Å². The predicted molar refractivity (Wildman–Crippen MR) is 114 cm³/mol. The molecule has 2 amide bonds. The Labute approximate surface area is 170 Å². The number of para-hydroxylation sites is 2. The van der Waals surface area contributed by atoms with Crippen molar-refractivity contribution in [2.75, 3.05) is 11.9 Å². The number of ether oxygens (including phenoxy) is 2. The molecular weight excluding hydrogens is 366 g/mol. The van der Waals surface area contributed by atoms with Gasteiger partial charge in [0.15, 0.2) is 11.5 Å². The summed E-state index contributed by atoms with van der Waals surface area (Å²) >= 11 is 0. The van der Waals surface area contributed by atoms with Crippen LogP contribution in [-0.2, 0) is 6.54 Å². The van der Waals surface area contributed by atoms with E-state index in [4.69, 9.17) is 9.47 Å². The molecule has 0 saturated carbocycles. The van der Waals surface area contributed by atoms with E-state index >= 15 is 0 Å². The van der Waals surface area contributed by atoms with Crippen molar-refractivity contribution in [2.45, 2.75) is 26.8 Å². The number of rotatable bonds is 8. The number of benzene rings is 2. The van der Waals surface area contributed by atoms with Gasteiger partial charge in [-0.3, -0.25) is 0 Å². The first-order chi connectivity index (χ1) is 14.2. The van der Waals surface area contributed by atoms with Crippen molar-refractivity contribution in [3.63, 3.8) is 0 Å². The standard InChI is InChI=1S/C23H25N3O3/c1-3-15-28-20-8-4-5-9-21(20)29-22-18(7-6-14-24-22)16-25-23(27)26-19-12-10-17(2)11-13-19/h4-14H,3,15-16H2,1-2H3,(H2,25,26,27). The van der Waals surface area contributed by atoms with Crippen molar-refractivity contribution >= 4 is 11.7 Å². The van der Waals surface area contributed by atoms with Gasteiger partial charge in [0, 0.05) is 24.0 Å². The monoisotopic (exact) mass is 391 g/mol. The smallest absolute Gasteiger partial charge is 0.319 e. The van der Waals surface area contributed by atoms with Crippen LogP contribution in [0.15, 0.2) is 66.9 Å². The highest BCUT2D eigenvalue weighted by molar-refractivity contribution is 5.89. The Bertz CT molecular complexity index is 942. The Hall–Kier alpha value is -3.54. The summed E-state index contributed by atoms with van der Waals surface area (Å²) in [5, 5.41) is 5.65. The molecule has 1 aromatic heterocycles. The van der Waals surface area contributed by atoms with Crippen LogP contribution in [0, 0.1) is 6.92 Å². The van der Waals surface area contributed by atoms with E-state index in [1.807, 2.05) is 68.4 Å². The van der Waals surface area contributed by atoms with Gasteiger partial charge in [-0.1, -0.05) is 42.8 Å². The highest BCUT2D eigenvalue weighted by Crippen LogP contribution is 2.31. The molecule has 0 radical (unpaired) electrons. The Morgan fingerprint density at radius 3 is 2.52 bits per heavy atom. The number of urea groups is 1. The fraction of sp³-hybridized carbons (Fsp3) is 0.217. The summed E-state index contributed by atoms with van der Waals surface area (Å²) in [5.74, 6) is 1.68. The van der Waals surface area contributed by atoms with Gasteiger partial charge in [-0.15, -0.1) is 0 Å². The van der Waals surface area contributed by atoms with Crippen LogP contribution in [-0.4, -0.2) is 17.6 Å². The molecule has 0 bridgehead atoms. The van der Waals surface area contributed by atoms with E-state index in [0.29, 0.717) is 24.0 Å². The molecule has 0 aliphatic rings. The lowest BCUT2D eigenvalue weighted by atomic mass is 10.2. The van der Waals surface area contributed by atoms with Crippen molar-refractivity contribution in [2.24, 2.45) is 0 Å². The maximum Gasteiger partial charge on any atom is 0.319 e. The summed E-state index contributed by atoms with van der Waals surface area (Å²) in [6.07, 6.45) is 2.56. The van der Waals surface area contributed by atoms with Crippen molar-refractivity contribution in [3.8, 4) is 17.4 Å². The van der Waals surface area contributed by atoms with Crippen LogP contribution in [0.3, 0.4) is 0 Å². The van der Waals surface area contributed by atoms with Crippen LogP contribution >= 0.6 is 0 Å². The molecule has 2 aromatic carbocycles. The van der Waals surface area contributed by atoms with E-state index in [9.17, 15) is 4.79 Å². The summed E-state index contributed by atoms with van der Waals surface area (Å²) in [7, 11) is 0. The quantitative estimate of drug-likeness (QED) is 0.547. The Morgan fingerprint density at radius 1 is 1.00 bits per heavy atom. The molecule has 3 aromatic rings. The van der Waals surface area contributed by atoms with Crippen LogP contribution in [0.25, 0.3) is 0 Å². The average molecular weight is 391 g/mol. The van der Waals surface area contributed by atoms with Gasteiger partial charge < -0.3 is 20.1 Å². The lowest BCUT2D eigenvalue weighted by molar-refractivity contribution is 0.251. The summed E-state index contributed by atoms with van der Waals surface area (Å²) < 4.78 is 11.7. The molecule has 0 spiro atoms. The normalized spacial score (nSPS) is 10.3. The number of nitrogens with zero attached hydrogens (tertiary/aromatic N) is 1. The number of carbonyl (C=O) groups is 1. The lowest BCUT2D eigenvalue weighted by Crippen LogP contribution is -2.28. The molecule has 0 unspecified atom stereocenters. The zero-order valence-corrected chi connectivity index (χ0v) is 16.6. The number of aryl methyl sites for hydroxylation is 1. The zero-order valence-electron chi connectivity index (χ0n) is 16.6. The number of amides is 2. The topological polar surface area (TPSA) is 72.5 Å². The van der Waals surface area contributed by atoms with Gasteiger partial charge in [0.1, 0.15) is 0 Å². The average Bonchev–Trinajstić information content (AvgIpc) is 2.74. The van der Waals surface area contributed by atoms with E-state index in [0.717, 1.165) is 23.2 Å². The third-order valence-electron chi connectivity index (χ3n) is 4.12. The Morgan fingerprint density at radius 2 is 1.76 bits per heavy atom. The van der Waals surface area contributed by atoms with Crippen LogP contribution in [0.5, 0.6) is 17.4 Å². The number of hydrogen-bond acceptors (Lipinski definition) is 4. The highest BCUT2D eigenvalue weighted by atomic mass is 16.5.